The summed E-state index contributed by atoms with van der Waals surface area (Å²) < 4.78 is 10.5. The Kier molecular flexibility index (Phi) is 3.79. The van der Waals surface area contributed by atoms with Gasteiger partial charge in [-0.3, -0.25) is 0 Å². The van der Waals surface area contributed by atoms with E-state index in [0.29, 0.717) is 0 Å². The Labute approximate surface area is 36.8 Å². The van der Waals surface area contributed by atoms with Crippen molar-refractivity contribution in [2.24, 2.45) is 0 Å². The third kappa shape index (κ3) is 17.7. The van der Waals surface area contributed by atoms with Gasteiger partial charge in [0.25, 0.3) is 0 Å². The van der Waals surface area contributed by atoms with Crippen LogP contribution < -0.4 is 0 Å². The second-order valence-electron chi connectivity index (χ2n) is 0.204. The van der Waals surface area contributed by atoms with Gasteiger partial charge in [0.2, 0.25) is 0 Å². The van der Waals surface area contributed by atoms with Crippen molar-refractivity contribution in [3.63, 3.8) is 0 Å². The lowest BCUT2D eigenvalue weighted by Gasteiger charge is -1.05. The van der Waals surface area contributed by atoms with Crippen LogP contribution in [-0.4, -0.2) is 5.83 Å². The van der Waals surface area contributed by atoms with Crippen LogP contribution in [0, 0.1) is 0 Å². The number of halogens is 1. The summed E-state index contributed by atoms with van der Waals surface area (Å²) in [5.41, 5.74) is 0. The number of rotatable bonds is 0. The molecule has 0 saturated heterocycles. The molecule has 0 aliphatic carbocycles. The summed E-state index contributed by atoms with van der Waals surface area (Å²) in [5, 5.41) is 0. The highest BCUT2D eigenvalue weighted by molar-refractivity contribution is 9.08. The van der Waals surface area contributed by atoms with Crippen LogP contribution in [0.5, 0.6) is 0 Å². The maximum atomic E-state index is 3.50. The number of alkyl halides is 1. The molecule has 1 aromatic heterocycles. The van der Waals surface area contributed by atoms with Crippen LogP contribution in [0.4, 0.5) is 0 Å². The summed E-state index contributed by atoms with van der Waals surface area (Å²) in [6, 6.07) is 0. The Morgan fingerprint density at radius 1 is 1.00 bits per heavy atom. The fraction of sp³-hybridized carbons (Fsp3) is 1.00. The average molecular weight is 143 g/mol. The second kappa shape index (κ2) is 3.88. The topological polar surface area (TPSA) is 39.4 Å². The maximum Gasteiger partial charge on any atom is 0 e. The summed E-state index contributed by atoms with van der Waals surface area (Å²) in [6.45, 7) is 0. The van der Waals surface area contributed by atoms with Gasteiger partial charge >= 0.3 is 0 Å². The van der Waals surface area contributed by atoms with Gasteiger partial charge in [0.05, 0.1) is 0 Å². The summed E-state index contributed by atoms with van der Waals surface area (Å²) in [6.07, 6.45) is 0. The first-order chi connectivity index (χ1) is 2.50. The van der Waals surface area contributed by atoms with Gasteiger partial charge in [-0.1, -0.05) is 15.9 Å². The second-order valence-corrected chi connectivity index (χ2v) is 0.204. The van der Waals surface area contributed by atoms with E-state index in [9.17, 15) is 0 Å². The predicted molar refractivity (Wildman–Crippen MR) is 18.1 cm³/mol. The van der Waals surface area contributed by atoms with Crippen molar-refractivity contribution in [3.05, 3.63) is 0 Å². The van der Waals surface area contributed by atoms with E-state index in [1.165, 1.54) is 0 Å². The van der Waals surface area contributed by atoms with E-state index in [0.717, 1.165) is 0 Å². The van der Waals surface area contributed by atoms with Crippen LogP contribution in [0.2, 0.25) is 0 Å². The average Bonchev–Trinajstić information content (AvgIpc) is 2.19. The highest BCUT2D eigenvalue weighted by Crippen LogP contribution is 1.79. The minimum Gasteiger partial charge on any atom is -0.0966 e. The fourth-order valence-corrected chi connectivity index (χ4v) is 0. The largest absolute Gasteiger partial charge is 0.0966 e. The number of hydrogen-bond acceptors (Lipinski definition) is 3. The van der Waals surface area contributed by atoms with Crippen LogP contribution in [0.15, 0.2) is 14.2 Å². The van der Waals surface area contributed by atoms with Gasteiger partial charge in [-0.05, 0) is 5.83 Å². The molecule has 0 bridgehead atoms. The lowest BCUT2D eigenvalue weighted by Crippen LogP contribution is -0.808. The van der Waals surface area contributed by atoms with E-state index < -0.39 is 0 Å². The summed E-state index contributed by atoms with van der Waals surface area (Å²) in [7, 11) is 0. The minimum absolute atomic E-state index is 1.81. The van der Waals surface area contributed by atoms with Crippen LogP contribution in [-0.2, 0) is 0 Å². The van der Waals surface area contributed by atoms with Crippen LogP contribution in [0.25, 0.3) is 0 Å². The van der Waals surface area contributed by atoms with Gasteiger partial charge in [0.1, 0.15) is 0 Å². The molecule has 0 spiro atoms. The fourth-order valence-electron chi connectivity index (χ4n) is 0. The van der Waals surface area contributed by atoms with E-state index in [2.05, 4.69) is 30.1 Å². The first-order valence-corrected chi connectivity index (χ1v) is 2.46. The van der Waals surface area contributed by atoms with Gasteiger partial charge in [-0.15, -0.1) is 0 Å². The number of hydrogen-bond donors (Lipinski definition) is 0. The van der Waals surface area contributed by atoms with Gasteiger partial charge in [0.15, 0.2) is 0 Å². The molecule has 32 valence electrons. The Bertz CT molecular complexity index is 35.0. The van der Waals surface area contributed by atoms with Gasteiger partial charge in [-0.25, -0.2) is 0 Å². The normalized spacial score (nSPS) is 6.00. The first kappa shape index (κ1) is 4.88. The monoisotopic (exact) mass is 142 g/mol. The van der Waals surface area contributed by atoms with Crippen LogP contribution in [0.1, 0.15) is 0 Å². The molecule has 3 nitrogen and oxygen atoms in total. The van der Waals surface area contributed by atoms with Crippen molar-refractivity contribution >= 4 is 15.9 Å². The Balaban J connectivity index is 0.0000000733. The summed E-state index contributed by atoms with van der Waals surface area (Å²) in [5.74, 6) is 1.81. The Morgan fingerprint density at radius 2 is 1.20 bits per heavy atom. The molecule has 0 N–H and O–H groups in total. The zero-order chi connectivity index (χ0) is 4.12. The van der Waals surface area contributed by atoms with E-state index in [4.69, 9.17) is 0 Å². The quantitative estimate of drug-likeness (QED) is 0.407. The highest BCUT2D eigenvalue weighted by Gasteiger charge is 1.63. The molecular weight excluding hydrogens is 140 g/mol. The van der Waals surface area contributed by atoms with Crippen molar-refractivity contribution in [2.45, 2.75) is 0 Å². The third-order valence-corrected chi connectivity index (χ3v) is 0.0680. The van der Waals surface area contributed by atoms with E-state index in [1.54, 1.807) is 0 Å². The van der Waals surface area contributed by atoms with Gasteiger partial charge in [-0.2, -0.15) is 0 Å². The molecule has 0 amide bonds. The maximum absolute atomic E-state index is 3.50. The lowest BCUT2D eigenvalue weighted by atomic mass is 12.0. The van der Waals surface area contributed by atoms with Crippen molar-refractivity contribution in [1.29, 1.82) is 0 Å². The van der Waals surface area contributed by atoms with Crippen LogP contribution in [0.3, 0.4) is 0 Å². The molecule has 5 heavy (non-hydrogen) atoms. The molecule has 0 radical (unpaired) electrons. The zero-order valence-electron chi connectivity index (χ0n) is 2.60. The molecule has 1 aromatic rings. The lowest BCUT2D eigenvalue weighted by molar-refractivity contribution is 0.264. The Morgan fingerprint density at radius 3 is 1.20 bits per heavy atom. The van der Waals surface area contributed by atoms with Crippen LogP contribution >= 0.6 is 15.9 Å². The first-order valence-electron chi connectivity index (χ1n) is 0.878. The molecule has 0 aliphatic heterocycles. The molecule has 1 rings (SSSR count). The SMILES string of the molecule is CBr.o1oo1. The predicted octanol–water partition coefficient (Wildman–Crippen LogP) is 1.48. The zero-order valence-corrected chi connectivity index (χ0v) is 4.19. The van der Waals surface area contributed by atoms with Crippen molar-refractivity contribution in [1.82, 2.24) is 0 Å². The van der Waals surface area contributed by atoms with Crippen molar-refractivity contribution in [2.75, 3.05) is 5.83 Å². The molecule has 1 heterocycles. The van der Waals surface area contributed by atoms with E-state index in [-0.39, 0.29) is 0 Å². The molecular formula is CH3BrO3. The molecule has 0 aromatic carbocycles. The van der Waals surface area contributed by atoms with E-state index in [1.807, 2.05) is 5.83 Å². The van der Waals surface area contributed by atoms with Gasteiger partial charge < -0.3 is 0 Å². The van der Waals surface area contributed by atoms with Crippen molar-refractivity contribution < 1.29 is 14.2 Å². The molecule has 0 fully saturated rings. The molecule has 0 unspecified atom stereocenters. The van der Waals surface area contributed by atoms with Gasteiger partial charge in [0, 0.05) is 14.2 Å². The van der Waals surface area contributed by atoms with E-state index >= 15 is 0 Å². The summed E-state index contributed by atoms with van der Waals surface area (Å²) >= 11 is 2.94. The third-order valence-electron chi connectivity index (χ3n) is 0.0680. The highest BCUT2D eigenvalue weighted by atomic mass is 79.9. The molecule has 0 atom stereocenters. The molecule has 0 saturated carbocycles. The molecule has 0 aliphatic rings. The Hall–Kier alpha value is -0.120. The summed E-state index contributed by atoms with van der Waals surface area (Å²) in [4.78, 5) is 0. The standard InChI is InChI=1S/CH3Br.O3/c1-2;1-2-3-1/h1H3;. The molecule has 4 heteroatoms. The smallest absolute Gasteiger partial charge is 0 e. The minimum atomic E-state index is 1.81. The van der Waals surface area contributed by atoms with Crippen molar-refractivity contribution in [3.8, 4) is 0 Å².